The summed E-state index contributed by atoms with van der Waals surface area (Å²) in [4.78, 5) is 14.5. The van der Waals surface area contributed by atoms with Gasteiger partial charge in [-0.15, -0.1) is 12.4 Å². The van der Waals surface area contributed by atoms with Crippen LogP contribution in [-0.2, 0) is 4.79 Å². The molecular weight excluding hydrogens is 364 g/mol. The molecule has 3 nitrogen and oxygen atoms in total. The Morgan fingerprint density at radius 1 is 1.27 bits per heavy atom. The lowest BCUT2D eigenvalue weighted by Crippen LogP contribution is -2.30. The van der Waals surface area contributed by atoms with Crippen LogP contribution in [0.4, 0.5) is 0 Å². The molecule has 1 fully saturated rings. The molecule has 1 aromatic rings. The minimum atomic E-state index is 0. The van der Waals surface area contributed by atoms with Crippen LogP contribution in [0, 0.1) is 0 Å². The molecule has 1 aliphatic rings. The molecule has 1 saturated heterocycles. The van der Waals surface area contributed by atoms with Gasteiger partial charge in [0.2, 0.25) is 5.91 Å². The highest BCUT2D eigenvalue weighted by Gasteiger charge is 2.29. The molecule has 1 unspecified atom stereocenters. The van der Waals surface area contributed by atoms with Gasteiger partial charge in [-0.25, -0.2) is 0 Å². The Morgan fingerprint density at radius 3 is 2.77 bits per heavy atom. The van der Waals surface area contributed by atoms with E-state index in [-0.39, 0.29) is 18.4 Å². The number of hydrogen-bond acceptors (Lipinski definition) is 2. The van der Waals surface area contributed by atoms with Crippen LogP contribution >= 0.6 is 28.3 Å². The number of rotatable bonds is 7. The number of hydrogen-bond donors (Lipinski definition) is 1. The molecule has 2 rings (SSSR count). The summed E-state index contributed by atoms with van der Waals surface area (Å²) in [6.07, 6.45) is 7.16. The van der Waals surface area contributed by atoms with Gasteiger partial charge in [0.05, 0.1) is 6.04 Å². The monoisotopic (exact) mass is 388 g/mol. The van der Waals surface area contributed by atoms with Crippen LogP contribution in [0.5, 0.6) is 0 Å². The van der Waals surface area contributed by atoms with Gasteiger partial charge in [-0.3, -0.25) is 4.79 Å². The molecule has 1 aliphatic heterocycles. The summed E-state index contributed by atoms with van der Waals surface area (Å²) in [5.41, 5.74) is 6.73. The molecule has 0 spiro atoms. The number of carbonyl (C=O) groups is 1. The second-order valence-electron chi connectivity index (χ2n) is 5.75. The van der Waals surface area contributed by atoms with Crippen molar-refractivity contribution in [3.8, 4) is 0 Å². The van der Waals surface area contributed by atoms with Crippen LogP contribution in [0.1, 0.15) is 56.6 Å². The van der Waals surface area contributed by atoms with E-state index in [0.717, 1.165) is 56.1 Å². The minimum absolute atomic E-state index is 0. The smallest absolute Gasteiger partial charge is 0.223 e. The van der Waals surface area contributed by atoms with Gasteiger partial charge >= 0.3 is 0 Å². The third-order valence-electron chi connectivity index (χ3n) is 4.15. The average Bonchev–Trinajstić information content (AvgIpc) is 2.96. The summed E-state index contributed by atoms with van der Waals surface area (Å²) in [6, 6.07) is 8.61. The zero-order valence-electron chi connectivity index (χ0n) is 13.0. The van der Waals surface area contributed by atoms with Gasteiger partial charge < -0.3 is 10.6 Å². The lowest BCUT2D eigenvalue weighted by molar-refractivity contribution is -0.132. The van der Waals surface area contributed by atoms with E-state index in [2.05, 4.69) is 33.0 Å². The molecular formula is C17H26BrClN2O. The molecule has 5 heteroatoms. The summed E-state index contributed by atoms with van der Waals surface area (Å²) in [7, 11) is 0. The molecule has 1 atom stereocenters. The van der Waals surface area contributed by atoms with Crippen molar-refractivity contribution in [2.24, 2.45) is 5.73 Å². The molecule has 0 bridgehead atoms. The lowest BCUT2D eigenvalue weighted by Gasteiger charge is -2.25. The molecule has 2 N–H and O–H groups in total. The predicted octanol–water partition coefficient (Wildman–Crippen LogP) is 4.44. The highest BCUT2D eigenvalue weighted by Crippen LogP contribution is 2.33. The molecule has 0 aliphatic carbocycles. The Kier molecular flexibility index (Phi) is 9.06. The van der Waals surface area contributed by atoms with Gasteiger partial charge in [-0.05, 0) is 49.9 Å². The maximum absolute atomic E-state index is 12.4. The topological polar surface area (TPSA) is 46.3 Å². The quantitative estimate of drug-likeness (QED) is 0.701. The van der Waals surface area contributed by atoms with Crippen molar-refractivity contribution >= 4 is 34.2 Å². The summed E-state index contributed by atoms with van der Waals surface area (Å²) in [5.74, 6) is 0.310. The molecule has 0 aromatic heterocycles. The van der Waals surface area contributed by atoms with Crippen molar-refractivity contribution in [2.75, 3.05) is 13.1 Å². The Balaban J connectivity index is 0.00000242. The van der Waals surface area contributed by atoms with Crippen molar-refractivity contribution in [2.45, 2.75) is 51.0 Å². The predicted molar refractivity (Wildman–Crippen MR) is 97.2 cm³/mol. The second-order valence-corrected chi connectivity index (χ2v) is 6.67. The number of unbranched alkanes of at least 4 members (excludes halogenated alkanes) is 3. The summed E-state index contributed by atoms with van der Waals surface area (Å²) < 4.78 is 1.08. The highest BCUT2D eigenvalue weighted by atomic mass is 79.9. The van der Waals surface area contributed by atoms with E-state index in [1.54, 1.807) is 0 Å². The van der Waals surface area contributed by atoms with Gasteiger partial charge in [0.15, 0.2) is 0 Å². The Labute approximate surface area is 148 Å². The van der Waals surface area contributed by atoms with Crippen LogP contribution in [0.25, 0.3) is 0 Å². The van der Waals surface area contributed by atoms with Crippen molar-refractivity contribution in [3.63, 3.8) is 0 Å². The van der Waals surface area contributed by atoms with Crippen molar-refractivity contribution in [1.82, 2.24) is 4.90 Å². The van der Waals surface area contributed by atoms with Gasteiger partial charge in [0.1, 0.15) is 0 Å². The summed E-state index contributed by atoms with van der Waals surface area (Å²) in [6.45, 7) is 1.66. The lowest BCUT2D eigenvalue weighted by atomic mass is 10.0. The van der Waals surface area contributed by atoms with Crippen molar-refractivity contribution in [1.29, 1.82) is 0 Å². The average molecular weight is 390 g/mol. The van der Waals surface area contributed by atoms with Gasteiger partial charge in [-0.2, -0.15) is 0 Å². The van der Waals surface area contributed by atoms with E-state index in [0.29, 0.717) is 12.3 Å². The van der Waals surface area contributed by atoms with E-state index in [4.69, 9.17) is 5.73 Å². The van der Waals surface area contributed by atoms with E-state index < -0.39 is 0 Å². The molecule has 1 aromatic carbocycles. The number of benzene rings is 1. The van der Waals surface area contributed by atoms with E-state index in [1.807, 2.05) is 12.1 Å². The van der Waals surface area contributed by atoms with E-state index in [9.17, 15) is 4.79 Å². The first kappa shape index (κ1) is 19.5. The standard InChI is InChI=1S/C17H25BrN2O.ClH/c18-15-8-5-7-14(13-15)16-9-6-12-20(16)17(21)10-3-1-2-4-11-19;/h5,7-8,13,16H,1-4,6,9-12,19H2;1H. The molecule has 1 heterocycles. The van der Waals surface area contributed by atoms with Crippen LogP contribution in [0.3, 0.4) is 0 Å². The highest BCUT2D eigenvalue weighted by molar-refractivity contribution is 9.10. The molecule has 0 radical (unpaired) electrons. The third kappa shape index (κ3) is 5.56. The Morgan fingerprint density at radius 2 is 2.05 bits per heavy atom. The SMILES string of the molecule is Cl.NCCCCCCC(=O)N1CCCC1c1cccc(Br)c1. The third-order valence-corrected chi connectivity index (χ3v) is 4.64. The van der Waals surface area contributed by atoms with E-state index >= 15 is 0 Å². The fourth-order valence-electron chi connectivity index (χ4n) is 3.04. The first-order valence-electron chi connectivity index (χ1n) is 7.97. The maximum Gasteiger partial charge on any atom is 0.223 e. The van der Waals surface area contributed by atoms with Gasteiger partial charge in [0, 0.05) is 17.4 Å². The summed E-state index contributed by atoms with van der Waals surface area (Å²) >= 11 is 3.52. The van der Waals surface area contributed by atoms with Gasteiger partial charge in [0.25, 0.3) is 0 Å². The number of likely N-dealkylation sites (tertiary alicyclic amines) is 1. The van der Waals surface area contributed by atoms with Crippen molar-refractivity contribution in [3.05, 3.63) is 34.3 Å². The zero-order chi connectivity index (χ0) is 15.1. The number of halogens is 2. The fourth-order valence-corrected chi connectivity index (χ4v) is 3.46. The second kappa shape index (κ2) is 10.2. The largest absolute Gasteiger partial charge is 0.336 e. The molecule has 124 valence electrons. The first-order chi connectivity index (χ1) is 10.2. The number of amides is 1. The number of carbonyl (C=O) groups excluding carboxylic acids is 1. The van der Waals surface area contributed by atoms with Crippen LogP contribution in [0.15, 0.2) is 28.7 Å². The van der Waals surface area contributed by atoms with Crippen molar-refractivity contribution < 1.29 is 4.79 Å². The van der Waals surface area contributed by atoms with Crippen LogP contribution < -0.4 is 5.73 Å². The van der Waals surface area contributed by atoms with Gasteiger partial charge in [-0.1, -0.05) is 40.9 Å². The van der Waals surface area contributed by atoms with E-state index in [1.165, 1.54) is 5.56 Å². The van der Waals surface area contributed by atoms with Crippen LogP contribution in [-0.4, -0.2) is 23.9 Å². The number of nitrogens with two attached hydrogens (primary N) is 1. The number of nitrogens with zero attached hydrogens (tertiary/aromatic N) is 1. The summed E-state index contributed by atoms with van der Waals surface area (Å²) in [5, 5.41) is 0. The Bertz CT molecular complexity index is 470. The van der Waals surface area contributed by atoms with Crippen LogP contribution in [0.2, 0.25) is 0 Å². The maximum atomic E-state index is 12.4. The first-order valence-corrected chi connectivity index (χ1v) is 8.76. The molecule has 1 amide bonds. The normalized spacial score (nSPS) is 17.4. The zero-order valence-corrected chi connectivity index (χ0v) is 15.4. The minimum Gasteiger partial charge on any atom is -0.336 e. The molecule has 0 saturated carbocycles. The molecule has 22 heavy (non-hydrogen) atoms. The fraction of sp³-hybridized carbons (Fsp3) is 0.588. The Hall–Kier alpha value is -0.580.